The molecule has 7 nitrogen and oxygen atoms in total. The Morgan fingerprint density at radius 2 is 1.81 bits per heavy atom. The first-order chi connectivity index (χ1) is 12.2. The minimum atomic E-state index is -2.96. The summed E-state index contributed by atoms with van der Waals surface area (Å²) >= 11 is 0. The number of anilines is 2. The van der Waals surface area contributed by atoms with Gasteiger partial charge in [0.15, 0.2) is 15.5 Å². The number of aromatic nitrogens is 2. The molecule has 1 unspecified atom stereocenters. The van der Waals surface area contributed by atoms with Crippen LogP contribution in [-0.2, 0) is 9.84 Å². The number of nitrogens with zero attached hydrogens (tertiary/aromatic N) is 2. The number of carbonyl (C=O) groups is 1. The Hall–Kier alpha value is -2.48. The van der Waals surface area contributed by atoms with Crippen LogP contribution in [0.4, 0.5) is 11.5 Å². The highest BCUT2D eigenvalue weighted by molar-refractivity contribution is 7.91. The normalized spacial score (nSPS) is 18.5. The first-order valence-electron chi connectivity index (χ1n) is 8.43. The van der Waals surface area contributed by atoms with Gasteiger partial charge < -0.3 is 10.6 Å². The highest BCUT2D eigenvalue weighted by Gasteiger charge is 2.28. The van der Waals surface area contributed by atoms with Crippen molar-refractivity contribution in [1.29, 1.82) is 0 Å². The number of hydrogen-bond acceptors (Lipinski definition) is 6. The van der Waals surface area contributed by atoms with Crippen molar-refractivity contribution in [2.24, 2.45) is 0 Å². The Bertz CT molecular complexity index is 916. The fourth-order valence-corrected chi connectivity index (χ4v) is 4.88. The van der Waals surface area contributed by atoms with Crippen molar-refractivity contribution in [1.82, 2.24) is 10.2 Å². The summed E-state index contributed by atoms with van der Waals surface area (Å²) in [6, 6.07) is 7.08. The average molecular weight is 374 g/mol. The monoisotopic (exact) mass is 374 g/mol. The lowest BCUT2D eigenvalue weighted by Crippen LogP contribution is -2.22. The smallest absolute Gasteiger partial charge is 0.276 e. The number of rotatable bonds is 4. The molecule has 1 saturated heterocycles. The van der Waals surface area contributed by atoms with E-state index >= 15 is 0 Å². The zero-order valence-electron chi connectivity index (χ0n) is 15.0. The molecular weight excluding hydrogens is 352 g/mol. The third kappa shape index (κ3) is 4.19. The van der Waals surface area contributed by atoms with Gasteiger partial charge in [-0.2, -0.15) is 0 Å². The van der Waals surface area contributed by atoms with E-state index < -0.39 is 9.84 Å². The number of amides is 1. The summed E-state index contributed by atoms with van der Waals surface area (Å²) in [5.74, 6) is 0.422. The topological polar surface area (TPSA) is 101 Å². The van der Waals surface area contributed by atoms with Gasteiger partial charge >= 0.3 is 0 Å². The maximum Gasteiger partial charge on any atom is 0.276 e. The van der Waals surface area contributed by atoms with Crippen LogP contribution in [0.25, 0.3) is 0 Å². The molecule has 3 rings (SSSR count). The molecule has 2 aromatic rings. The lowest BCUT2D eigenvalue weighted by molar-refractivity contribution is 0.102. The fourth-order valence-electron chi connectivity index (χ4n) is 3.20. The molecule has 26 heavy (non-hydrogen) atoms. The van der Waals surface area contributed by atoms with Crippen LogP contribution in [0.2, 0.25) is 0 Å². The molecule has 2 heterocycles. The van der Waals surface area contributed by atoms with E-state index in [-0.39, 0.29) is 29.1 Å². The number of sulfone groups is 1. The van der Waals surface area contributed by atoms with Crippen LogP contribution in [0, 0.1) is 20.8 Å². The summed E-state index contributed by atoms with van der Waals surface area (Å²) in [5.41, 5.74) is 4.10. The standard InChI is InChI=1S/C18H22N4O3S/c1-11-8-12(2)17(13(3)9-11)20-18(23)15-4-5-16(22-21-15)19-14-6-7-26(24,25)10-14/h4-5,8-9,14H,6-7,10H2,1-3H3,(H,19,22)(H,20,23). The number of benzene rings is 1. The van der Waals surface area contributed by atoms with Gasteiger partial charge in [0, 0.05) is 11.7 Å². The van der Waals surface area contributed by atoms with Crippen LogP contribution in [0.3, 0.4) is 0 Å². The molecule has 0 bridgehead atoms. The van der Waals surface area contributed by atoms with Gasteiger partial charge in [-0.05, 0) is 50.5 Å². The lowest BCUT2D eigenvalue weighted by atomic mass is 10.1. The van der Waals surface area contributed by atoms with Crippen LogP contribution in [0.5, 0.6) is 0 Å². The maximum absolute atomic E-state index is 12.4. The van der Waals surface area contributed by atoms with E-state index in [1.807, 2.05) is 32.9 Å². The molecule has 1 aromatic heterocycles. The van der Waals surface area contributed by atoms with Gasteiger partial charge in [-0.15, -0.1) is 10.2 Å². The second-order valence-electron chi connectivity index (χ2n) is 6.78. The van der Waals surface area contributed by atoms with Crippen molar-refractivity contribution < 1.29 is 13.2 Å². The minimum Gasteiger partial charge on any atom is -0.365 e. The Balaban J connectivity index is 1.68. The van der Waals surface area contributed by atoms with Crippen molar-refractivity contribution in [3.8, 4) is 0 Å². The number of aryl methyl sites for hydroxylation is 3. The summed E-state index contributed by atoms with van der Waals surface area (Å²) in [7, 11) is -2.96. The van der Waals surface area contributed by atoms with Crippen molar-refractivity contribution in [3.63, 3.8) is 0 Å². The summed E-state index contributed by atoms with van der Waals surface area (Å²) in [5, 5.41) is 13.9. The molecule has 0 radical (unpaired) electrons. The van der Waals surface area contributed by atoms with Crippen LogP contribution in [-0.4, -0.2) is 42.1 Å². The molecule has 1 fully saturated rings. The SMILES string of the molecule is Cc1cc(C)c(NC(=O)c2ccc(NC3CCS(=O)(=O)C3)nn2)c(C)c1. The van der Waals surface area contributed by atoms with Crippen LogP contribution < -0.4 is 10.6 Å². The van der Waals surface area contributed by atoms with Crippen LogP contribution >= 0.6 is 0 Å². The zero-order valence-corrected chi connectivity index (χ0v) is 15.9. The van der Waals surface area contributed by atoms with Gasteiger partial charge in [0.2, 0.25) is 0 Å². The van der Waals surface area contributed by atoms with Crippen molar-refractivity contribution in [2.45, 2.75) is 33.2 Å². The zero-order chi connectivity index (χ0) is 18.9. The van der Waals surface area contributed by atoms with Gasteiger partial charge in [0.25, 0.3) is 5.91 Å². The predicted molar refractivity (Wildman–Crippen MR) is 101 cm³/mol. The number of hydrogen-bond donors (Lipinski definition) is 2. The molecule has 0 spiro atoms. The molecular formula is C18H22N4O3S. The third-order valence-corrected chi connectivity index (χ3v) is 6.17. The maximum atomic E-state index is 12.4. The Morgan fingerprint density at radius 1 is 1.12 bits per heavy atom. The van der Waals surface area contributed by atoms with E-state index in [2.05, 4.69) is 20.8 Å². The molecule has 1 atom stereocenters. The first kappa shape index (κ1) is 18.3. The van der Waals surface area contributed by atoms with Gasteiger partial charge in [-0.25, -0.2) is 8.42 Å². The fraction of sp³-hybridized carbons (Fsp3) is 0.389. The Kier molecular flexibility index (Phi) is 4.95. The summed E-state index contributed by atoms with van der Waals surface area (Å²) in [6.45, 7) is 5.91. The second-order valence-corrected chi connectivity index (χ2v) is 9.00. The Labute approximate surface area is 153 Å². The molecule has 1 aliphatic heterocycles. The third-order valence-electron chi connectivity index (χ3n) is 4.40. The summed E-state index contributed by atoms with van der Waals surface area (Å²) in [4.78, 5) is 12.4. The minimum absolute atomic E-state index is 0.100. The Morgan fingerprint density at radius 3 is 2.35 bits per heavy atom. The predicted octanol–water partition coefficient (Wildman–Crippen LogP) is 2.25. The largest absolute Gasteiger partial charge is 0.365 e. The van der Waals surface area contributed by atoms with Gasteiger partial charge in [0.1, 0.15) is 5.82 Å². The molecule has 1 aromatic carbocycles. The molecule has 1 aliphatic rings. The number of carbonyl (C=O) groups excluding carboxylic acids is 1. The quantitative estimate of drug-likeness (QED) is 0.851. The van der Waals surface area contributed by atoms with E-state index in [1.165, 1.54) is 0 Å². The van der Waals surface area contributed by atoms with Gasteiger partial charge in [-0.3, -0.25) is 4.79 Å². The molecule has 2 N–H and O–H groups in total. The molecule has 0 aliphatic carbocycles. The van der Waals surface area contributed by atoms with E-state index in [1.54, 1.807) is 12.1 Å². The highest BCUT2D eigenvalue weighted by Crippen LogP contribution is 2.22. The number of nitrogens with one attached hydrogen (secondary N) is 2. The van der Waals surface area contributed by atoms with Gasteiger partial charge in [0.05, 0.1) is 11.5 Å². The first-order valence-corrected chi connectivity index (χ1v) is 10.3. The molecule has 8 heteroatoms. The van der Waals surface area contributed by atoms with Crippen LogP contribution in [0.15, 0.2) is 24.3 Å². The summed E-state index contributed by atoms with van der Waals surface area (Å²) < 4.78 is 23.0. The van der Waals surface area contributed by atoms with Crippen molar-refractivity contribution >= 4 is 27.2 Å². The van der Waals surface area contributed by atoms with E-state index in [4.69, 9.17) is 0 Å². The second kappa shape index (κ2) is 7.03. The van der Waals surface area contributed by atoms with Crippen molar-refractivity contribution in [2.75, 3.05) is 22.1 Å². The lowest BCUT2D eigenvalue weighted by Gasteiger charge is -2.13. The van der Waals surface area contributed by atoms with E-state index in [9.17, 15) is 13.2 Å². The molecule has 0 saturated carbocycles. The van der Waals surface area contributed by atoms with Crippen molar-refractivity contribution in [3.05, 3.63) is 46.6 Å². The van der Waals surface area contributed by atoms with Crippen LogP contribution in [0.1, 0.15) is 33.6 Å². The molecule has 138 valence electrons. The molecule has 1 amide bonds. The van der Waals surface area contributed by atoms with E-state index in [0.29, 0.717) is 12.2 Å². The van der Waals surface area contributed by atoms with E-state index in [0.717, 1.165) is 22.4 Å². The van der Waals surface area contributed by atoms with Gasteiger partial charge in [-0.1, -0.05) is 17.7 Å². The summed E-state index contributed by atoms with van der Waals surface area (Å²) in [6.07, 6.45) is 0.554. The average Bonchev–Trinajstić information content (AvgIpc) is 2.90. The highest BCUT2D eigenvalue weighted by atomic mass is 32.2.